The van der Waals surface area contributed by atoms with Crippen LogP contribution in [0.15, 0.2) is 39.9 Å². The van der Waals surface area contributed by atoms with Crippen LogP contribution in [0.4, 0.5) is 0 Å². The van der Waals surface area contributed by atoms with E-state index in [1.54, 1.807) is 18.2 Å². The number of nitrogens with zero attached hydrogens (tertiary/aromatic N) is 2. The molecule has 0 fully saturated rings. The third-order valence-corrected chi connectivity index (χ3v) is 3.93. The molecule has 6 nitrogen and oxygen atoms in total. The van der Waals surface area contributed by atoms with Crippen LogP contribution in [0, 0.1) is 13.8 Å². The van der Waals surface area contributed by atoms with Crippen LogP contribution in [-0.4, -0.2) is 23.4 Å². The number of carbonyl (C=O) groups excluding carboxylic acids is 1. The van der Waals surface area contributed by atoms with Crippen LogP contribution >= 0.6 is 11.6 Å². The molecule has 0 N–H and O–H groups in total. The van der Waals surface area contributed by atoms with Gasteiger partial charge in [0.25, 0.3) is 6.23 Å². The van der Waals surface area contributed by atoms with Gasteiger partial charge in [-0.15, -0.1) is 5.10 Å². The molecule has 1 amide bonds. The van der Waals surface area contributed by atoms with E-state index in [2.05, 4.69) is 5.10 Å². The lowest BCUT2D eigenvalue weighted by molar-refractivity contribution is -0.136. The molecule has 7 heteroatoms. The molecule has 0 bridgehead atoms. The summed E-state index contributed by atoms with van der Waals surface area (Å²) in [5.41, 5.74) is 0.915. The van der Waals surface area contributed by atoms with Crippen LogP contribution in [0.5, 0.6) is 5.75 Å². The Balaban J connectivity index is 1.71. The molecule has 1 aliphatic rings. The topological polar surface area (TPSA) is 64.3 Å². The van der Waals surface area contributed by atoms with Gasteiger partial charge in [-0.05, 0) is 49.7 Å². The van der Waals surface area contributed by atoms with Gasteiger partial charge in [0.2, 0.25) is 11.8 Å². The molecular weight excluding hydrogens is 332 g/mol. The van der Waals surface area contributed by atoms with E-state index in [0.717, 1.165) is 11.3 Å². The molecule has 0 saturated heterocycles. The number of ether oxygens (including phenoxy) is 2. The smallest absolute Gasteiger partial charge is 0.254 e. The summed E-state index contributed by atoms with van der Waals surface area (Å²) in [5, 5.41) is 6.09. The van der Waals surface area contributed by atoms with Crippen molar-refractivity contribution in [1.29, 1.82) is 0 Å². The Morgan fingerprint density at radius 2 is 2.12 bits per heavy atom. The fourth-order valence-corrected chi connectivity index (χ4v) is 2.41. The summed E-state index contributed by atoms with van der Waals surface area (Å²) in [4.78, 5) is 11.8. The highest BCUT2D eigenvalue weighted by Crippen LogP contribution is 2.30. The first-order valence-corrected chi connectivity index (χ1v) is 7.81. The second-order valence-corrected chi connectivity index (χ2v) is 5.88. The van der Waals surface area contributed by atoms with Crippen LogP contribution in [0.3, 0.4) is 0 Å². The zero-order chi connectivity index (χ0) is 17.3. The van der Waals surface area contributed by atoms with E-state index in [9.17, 15) is 4.79 Å². The molecule has 24 heavy (non-hydrogen) atoms. The summed E-state index contributed by atoms with van der Waals surface area (Å²) in [7, 11) is 0. The first-order chi connectivity index (χ1) is 11.4. The van der Waals surface area contributed by atoms with Crippen molar-refractivity contribution >= 4 is 23.4 Å². The molecule has 3 rings (SSSR count). The summed E-state index contributed by atoms with van der Waals surface area (Å²) in [6.45, 7) is 5.24. The minimum Gasteiger partial charge on any atom is -0.484 e. The van der Waals surface area contributed by atoms with Gasteiger partial charge in [-0.3, -0.25) is 4.79 Å². The number of hydrazone groups is 1. The molecule has 0 aliphatic carbocycles. The Morgan fingerprint density at radius 1 is 1.33 bits per heavy atom. The standard InChI is InChI=1S/C17H17ClN2O4/c1-10-8-13(5-6-14(10)18)22-9-16-19-20(12(3)21)17(24-16)15-7-4-11(2)23-15/h4-8,17H,9H2,1-3H3/t17-/m1/s1. The normalized spacial score (nSPS) is 16.8. The zero-order valence-electron chi connectivity index (χ0n) is 13.6. The number of benzene rings is 1. The maximum absolute atomic E-state index is 11.8. The number of furan rings is 1. The van der Waals surface area contributed by atoms with Crippen molar-refractivity contribution in [3.05, 3.63) is 52.4 Å². The zero-order valence-corrected chi connectivity index (χ0v) is 14.3. The average molecular weight is 349 g/mol. The largest absolute Gasteiger partial charge is 0.484 e. The predicted molar refractivity (Wildman–Crippen MR) is 88.9 cm³/mol. The first kappa shape index (κ1) is 16.4. The number of rotatable bonds is 4. The number of hydrogen-bond donors (Lipinski definition) is 0. The fourth-order valence-electron chi connectivity index (χ4n) is 2.29. The maximum atomic E-state index is 11.8. The van der Waals surface area contributed by atoms with E-state index in [-0.39, 0.29) is 12.5 Å². The maximum Gasteiger partial charge on any atom is 0.254 e. The monoisotopic (exact) mass is 348 g/mol. The molecule has 0 saturated carbocycles. The van der Waals surface area contributed by atoms with Crippen molar-refractivity contribution in [1.82, 2.24) is 5.01 Å². The highest BCUT2D eigenvalue weighted by molar-refractivity contribution is 6.31. The van der Waals surface area contributed by atoms with Gasteiger partial charge >= 0.3 is 0 Å². The van der Waals surface area contributed by atoms with Gasteiger partial charge in [-0.1, -0.05) is 11.6 Å². The minimum absolute atomic E-state index is 0.0983. The van der Waals surface area contributed by atoms with E-state index in [1.165, 1.54) is 11.9 Å². The van der Waals surface area contributed by atoms with Crippen LogP contribution in [0.1, 0.15) is 30.2 Å². The number of aryl methyl sites for hydroxylation is 2. The number of amides is 1. The van der Waals surface area contributed by atoms with Gasteiger partial charge in [0, 0.05) is 11.9 Å². The fraction of sp³-hybridized carbons (Fsp3) is 0.294. The van der Waals surface area contributed by atoms with Crippen LogP contribution in [0.2, 0.25) is 5.02 Å². The Hall–Kier alpha value is -2.47. The van der Waals surface area contributed by atoms with Crippen molar-refractivity contribution in [2.24, 2.45) is 5.10 Å². The van der Waals surface area contributed by atoms with Gasteiger partial charge in [0.15, 0.2) is 12.4 Å². The van der Waals surface area contributed by atoms with Crippen LogP contribution < -0.4 is 4.74 Å². The number of hydrogen-bond acceptors (Lipinski definition) is 5. The van der Waals surface area contributed by atoms with Crippen LogP contribution in [-0.2, 0) is 9.53 Å². The Bertz CT molecular complexity index is 800. The molecule has 1 aromatic heterocycles. The third-order valence-electron chi connectivity index (χ3n) is 3.51. The van der Waals surface area contributed by atoms with Crippen molar-refractivity contribution < 1.29 is 18.7 Å². The summed E-state index contributed by atoms with van der Waals surface area (Å²) >= 11 is 5.99. The van der Waals surface area contributed by atoms with Gasteiger partial charge in [0.1, 0.15) is 11.5 Å². The quantitative estimate of drug-likeness (QED) is 0.842. The second kappa shape index (κ2) is 6.57. The van der Waals surface area contributed by atoms with Crippen molar-refractivity contribution in [2.45, 2.75) is 27.0 Å². The van der Waals surface area contributed by atoms with Crippen molar-refractivity contribution in [3.63, 3.8) is 0 Å². The summed E-state index contributed by atoms with van der Waals surface area (Å²) < 4.78 is 16.9. The number of carbonyl (C=O) groups is 1. The van der Waals surface area contributed by atoms with Gasteiger partial charge in [0.05, 0.1) is 0 Å². The molecule has 1 aliphatic heterocycles. The van der Waals surface area contributed by atoms with E-state index in [4.69, 9.17) is 25.5 Å². The lowest BCUT2D eigenvalue weighted by Gasteiger charge is -2.16. The van der Waals surface area contributed by atoms with E-state index >= 15 is 0 Å². The summed E-state index contributed by atoms with van der Waals surface area (Å²) in [6, 6.07) is 8.93. The molecule has 0 spiro atoms. The lowest BCUT2D eigenvalue weighted by Crippen LogP contribution is -2.24. The minimum atomic E-state index is -0.707. The van der Waals surface area contributed by atoms with Crippen molar-refractivity contribution in [2.75, 3.05) is 6.61 Å². The molecule has 0 unspecified atom stereocenters. The van der Waals surface area contributed by atoms with Crippen LogP contribution in [0.25, 0.3) is 0 Å². The highest BCUT2D eigenvalue weighted by Gasteiger charge is 2.34. The number of halogens is 1. The summed E-state index contributed by atoms with van der Waals surface area (Å²) in [5.74, 6) is 1.96. The molecule has 1 atom stereocenters. The lowest BCUT2D eigenvalue weighted by atomic mass is 10.2. The molecule has 1 aromatic carbocycles. The Morgan fingerprint density at radius 3 is 2.75 bits per heavy atom. The highest BCUT2D eigenvalue weighted by atomic mass is 35.5. The van der Waals surface area contributed by atoms with Gasteiger partial charge < -0.3 is 13.9 Å². The molecule has 2 heterocycles. The van der Waals surface area contributed by atoms with Crippen molar-refractivity contribution in [3.8, 4) is 5.75 Å². The molecule has 0 radical (unpaired) electrons. The van der Waals surface area contributed by atoms with E-state index in [1.807, 2.05) is 26.0 Å². The molecular formula is C17H17ClN2O4. The predicted octanol–water partition coefficient (Wildman–Crippen LogP) is 3.82. The Kier molecular flexibility index (Phi) is 4.49. The van der Waals surface area contributed by atoms with E-state index < -0.39 is 6.23 Å². The Labute approximate surface area is 144 Å². The summed E-state index contributed by atoms with van der Waals surface area (Å²) in [6.07, 6.45) is -0.707. The molecule has 2 aromatic rings. The molecule has 126 valence electrons. The van der Waals surface area contributed by atoms with Gasteiger partial charge in [-0.2, -0.15) is 5.01 Å². The average Bonchev–Trinajstić information content (AvgIpc) is 3.14. The second-order valence-electron chi connectivity index (χ2n) is 5.48. The van der Waals surface area contributed by atoms with Gasteiger partial charge in [-0.25, -0.2) is 0 Å². The first-order valence-electron chi connectivity index (χ1n) is 7.43. The van der Waals surface area contributed by atoms with E-state index in [0.29, 0.717) is 22.4 Å². The third kappa shape index (κ3) is 3.38. The SMILES string of the molecule is CC(=O)N1N=C(COc2ccc(Cl)c(C)c2)O[C@@H]1c1ccc(C)o1.